The zero-order valence-electron chi connectivity index (χ0n) is 11.4. The molecule has 2 aliphatic rings. The molecule has 1 fully saturated rings. The van der Waals surface area contributed by atoms with Crippen molar-refractivity contribution < 1.29 is 4.74 Å². The lowest BCUT2D eigenvalue weighted by molar-refractivity contribution is 0.0736. The molecule has 0 N–H and O–H groups in total. The van der Waals surface area contributed by atoms with Crippen LogP contribution < -0.4 is 0 Å². The van der Waals surface area contributed by atoms with Crippen LogP contribution in [0.15, 0.2) is 54.6 Å². The highest BCUT2D eigenvalue weighted by molar-refractivity contribution is 8.01. The van der Waals surface area contributed by atoms with Gasteiger partial charge in [0.1, 0.15) is 0 Å². The number of aromatic nitrogens is 2. The largest absolute Gasteiger partial charge is 0.351 e. The number of para-hydroxylation sites is 2. The van der Waals surface area contributed by atoms with E-state index in [0.29, 0.717) is 5.25 Å². The molecule has 2 unspecified atom stereocenters. The standard InChI is InChI=1S/C17H14N2OS/c1-2-6-12(7-3-1)17-16-18-14-8-4-5-9-15(14)19(16)10-13(21-17)11-20-17/h1-9,13H,10-11H2. The second-order valence-corrected chi connectivity index (χ2v) is 7.05. The van der Waals surface area contributed by atoms with Crippen LogP contribution in [0, 0.1) is 0 Å². The van der Waals surface area contributed by atoms with Crippen LogP contribution in [0.4, 0.5) is 0 Å². The van der Waals surface area contributed by atoms with Crippen molar-refractivity contribution in [1.29, 1.82) is 0 Å². The first kappa shape index (κ1) is 11.8. The first-order valence-corrected chi connectivity index (χ1v) is 8.08. The molecule has 1 saturated heterocycles. The molecule has 3 heterocycles. The lowest BCUT2D eigenvalue weighted by Gasteiger charge is -2.31. The minimum atomic E-state index is -0.441. The maximum absolute atomic E-state index is 6.29. The summed E-state index contributed by atoms with van der Waals surface area (Å²) in [6.45, 7) is 1.77. The average molecular weight is 294 g/mol. The molecule has 2 aromatic carbocycles. The summed E-state index contributed by atoms with van der Waals surface area (Å²) in [5, 5.41) is 0.496. The van der Waals surface area contributed by atoms with E-state index in [1.807, 2.05) is 23.9 Å². The summed E-state index contributed by atoms with van der Waals surface area (Å²) in [4.78, 5) is 4.46. The number of thioether (sulfide) groups is 1. The quantitative estimate of drug-likeness (QED) is 0.688. The first-order valence-electron chi connectivity index (χ1n) is 7.20. The summed E-state index contributed by atoms with van der Waals surface area (Å²) in [5.41, 5.74) is 3.46. The van der Waals surface area contributed by atoms with Crippen molar-refractivity contribution >= 4 is 22.8 Å². The molecule has 5 rings (SSSR count). The predicted octanol–water partition coefficient (Wildman–Crippen LogP) is 3.38. The van der Waals surface area contributed by atoms with E-state index < -0.39 is 4.93 Å². The molecule has 3 nitrogen and oxygen atoms in total. The SMILES string of the molecule is c1ccc(C23OCC(Cn4c2nc2ccccc24)S3)cc1. The Labute approximate surface area is 126 Å². The molecule has 0 saturated carbocycles. The van der Waals surface area contributed by atoms with Gasteiger partial charge in [-0.25, -0.2) is 4.98 Å². The third-order valence-electron chi connectivity index (χ3n) is 4.29. The van der Waals surface area contributed by atoms with Gasteiger partial charge >= 0.3 is 0 Å². The molecule has 0 aliphatic carbocycles. The summed E-state index contributed by atoms with van der Waals surface area (Å²) < 4.78 is 8.63. The van der Waals surface area contributed by atoms with Crippen LogP contribution in [0.25, 0.3) is 11.0 Å². The Hall–Kier alpha value is -1.78. The van der Waals surface area contributed by atoms with E-state index in [4.69, 9.17) is 9.72 Å². The van der Waals surface area contributed by atoms with E-state index in [0.717, 1.165) is 24.5 Å². The zero-order valence-corrected chi connectivity index (χ0v) is 12.2. The highest BCUT2D eigenvalue weighted by Crippen LogP contribution is 2.54. The fourth-order valence-electron chi connectivity index (χ4n) is 3.37. The number of hydrogen-bond acceptors (Lipinski definition) is 3. The number of fused-ring (bicyclic) bond motifs is 6. The smallest absolute Gasteiger partial charge is 0.197 e. The summed E-state index contributed by atoms with van der Waals surface area (Å²) in [6, 6.07) is 18.8. The van der Waals surface area contributed by atoms with Crippen molar-refractivity contribution in [3.8, 4) is 0 Å². The Balaban J connectivity index is 1.82. The Morgan fingerprint density at radius 3 is 2.81 bits per heavy atom. The summed E-state index contributed by atoms with van der Waals surface area (Å²) >= 11 is 1.91. The van der Waals surface area contributed by atoms with Crippen molar-refractivity contribution in [2.24, 2.45) is 0 Å². The molecule has 4 heteroatoms. The third kappa shape index (κ3) is 1.52. The second-order valence-electron chi connectivity index (χ2n) is 5.57. The number of rotatable bonds is 1. The molecule has 104 valence electrons. The molecule has 0 amide bonds. The van der Waals surface area contributed by atoms with Crippen LogP contribution in [0.2, 0.25) is 0 Å². The minimum Gasteiger partial charge on any atom is -0.351 e. The first-order chi connectivity index (χ1) is 10.4. The molecule has 1 aromatic heterocycles. The average Bonchev–Trinajstić information content (AvgIpc) is 3.10. The Bertz CT molecular complexity index is 829. The Morgan fingerprint density at radius 1 is 1.10 bits per heavy atom. The Kier molecular flexibility index (Phi) is 2.32. The molecular weight excluding hydrogens is 280 g/mol. The molecule has 2 bridgehead atoms. The van der Waals surface area contributed by atoms with Crippen molar-refractivity contribution in [2.75, 3.05) is 6.61 Å². The van der Waals surface area contributed by atoms with Crippen molar-refractivity contribution in [2.45, 2.75) is 16.7 Å². The summed E-state index contributed by atoms with van der Waals surface area (Å²) in [7, 11) is 0. The maximum atomic E-state index is 6.29. The fourth-order valence-corrected chi connectivity index (χ4v) is 4.87. The van der Waals surface area contributed by atoms with Gasteiger partial charge in [-0.05, 0) is 12.1 Å². The van der Waals surface area contributed by atoms with Crippen molar-refractivity contribution in [3.63, 3.8) is 0 Å². The van der Waals surface area contributed by atoms with E-state index in [2.05, 4.69) is 47.0 Å². The van der Waals surface area contributed by atoms with Crippen LogP contribution in [-0.2, 0) is 16.2 Å². The van der Waals surface area contributed by atoms with Gasteiger partial charge in [0.15, 0.2) is 10.8 Å². The van der Waals surface area contributed by atoms with Crippen LogP contribution in [0.3, 0.4) is 0 Å². The normalized spacial score (nSPS) is 27.0. The Morgan fingerprint density at radius 2 is 1.90 bits per heavy atom. The van der Waals surface area contributed by atoms with Gasteiger partial charge in [0, 0.05) is 17.4 Å². The predicted molar refractivity (Wildman–Crippen MR) is 84.3 cm³/mol. The summed E-state index contributed by atoms with van der Waals surface area (Å²) in [5.74, 6) is 1.04. The molecule has 3 aromatic rings. The lowest BCUT2D eigenvalue weighted by Crippen LogP contribution is -2.31. The van der Waals surface area contributed by atoms with Crippen molar-refractivity contribution in [1.82, 2.24) is 9.55 Å². The molecule has 2 aliphatic heterocycles. The maximum Gasteiger partial charge on any atom is 0.197 e. The molecular formula is C17H14N2OS. The van der Waals surface area contributed by atoms with E-state index in [-0.39, 0.29) is 0 Å². The molecule has 0 radical (unpaired) electrons. The fraction of sp³-hybridized carbons (Fsp3) is 0.235. The van der Waals surface area contributed by atoms with E-state index in [1.165, 1.54) is 11.1 Å². The zero-order chi connectivity index (χ0) is 13.9. The number of imidazole rings is 1. The third-order valence-corrected chi connectivity index (χ3v) is 5.78. The van der Waals surface area contributed by atoms with Gasteiger partial charge in [-0.1, -0.05) is 42.5 Å². The van der Waals surface area contributed by atoms with Crippen LogP contribution >= 0.6 is 11.8 Å². The van der Waals surface area contributed by atoms with Gasteiger partial charge in [0.05, 0.1) is 17.6 Å². The number of hydrogen-bond donors (Lipinski definition) is 0. The molecule has 0 spiro atoms. The van der Waals surface area contributed by atoms with Gasteiger partial charge in [-0.3, -0.25) is 0 Å². The van der Waals surface area contributed by atoms with Crippen molar-refractivity contribution in [3.05, 3.63) is 66.0 Å². The minimum absolute atomic E-state index is 0.441. The lowest BCUT2D eigenvalue weighted by atomic mass is 10.1. The van der Waals surface area contributed by atoms with Gasteiger partial charge in [0.2, 0.25) is 0 Å². The highest BCUT2D eigenvalue weighted by atomic mass is 32.2. The van der Waals surface area contributed by atoms with Crippen LogP contribution in [0.1, 0.15) is 11.4 Å². The summed E-state index contributed by atoms with van der Waals surface area (Å²) in [6.07, 6.45) is 0. The van der Waals surface area contributed by atoms with E-state index >= 15 is 0 Å². The van der Waals surface area contributed by atoms with E-state index in [9.17, 15) is 0 Å². The number of benzene rings is 2. The van der Waals surface area contributed by atoms with Crippen LogP contribution in [-0.4, -0.2) is 21.4 Å². The van der Waals surface area contributed by atoms with Gasteiger partial charge in [-0.15, -0.1) is 11.8 Å². The van der Waals surface area contributed by atoms with Gasteiger partial charge in [-0.2, -0.15) is 0 Å². The highest BCUT2D eigenvalue weighted by Gasteiger charge is 2.51. The second kappa shape index (κ2) is 4.12. The monoisotopic (exact) mass is 294 g/mol. The molecule has 2 atom stereocenters. The van der Waals surface area contributed by atoms with Gasteiger partial charge < -0.3 is 9.30 Å². The number of nitrogens with zero attached hydrogens (tertiary/aromatic N) is 2. The van der Waals surface area contributed by atoms with Crippen LogP contribution in [0.5, 0.6) is 0 Å². The van der Waals surface area contributed by atoms with Gasteiger partial charge in [0.25, 0.3) is 0 Å². The topological polar surface area (TPSA) is 27.1 Å². The number of ether oxygens (including phenoxy) is 1. The molecule has 21 heavy (non-hydrogen) atoms. The van der Waals surface area contributed by atoms with E-state index in [1.54, 1.807) is 0 Å².